The molecule has 0 saturated heterocycles. The molecule has 3 heterocycles. The van der Waals surface area contributed by atoms with Crippen LogP contribution < -0.4 is 10.1 Å². The lowest BCUT2D eigenvalue weighted by Crippen LogP contribution is -2.28. The third-order valence-electron chi connectivity index (χ3n) is 7.01. The van der Waals surface area contributed by atoms with E-state index < -0.39 is 0 Å². The predicted octanol–water partition coefficient (Wildman–Crippen LogP) is 6.39. The van der Waals surface area contributed by atoms with Crippen molar-refractivity contribution < 1.29 is 14.3 Å². The van der Waals surface area contributed by atoms with E-state index in [2.05, 4.69) is 15.5 Å². The monoisotopic (exact) mass is 642 g/mol. The van der Waals surface area contributed by atoms with Crippen LogP contribution in [-0.4, -0.2) is 50.2 Å². The Balaban J connectivity index is 1.24. The van der Waals surface area contributed by atoms with Crippen LogP contribution in [0.4, 0.5) is 0 Å². The van der Waals surface area contributed by atoms with Crippen molar-refractivity contribution in [2.45, 2.75) is 24.2 Å². The Morgan fingerprint density at radius 2 is 1.84 bits per heavy atom. The molecule has 5 aromatic rings. The molecule has 9 nitrogen and oxygen atoms in total. The second kappa shape index (κ2) is 13.5. The second-order valence-corrected chi connectivity index (χ2v) is 12.1. The van der Waals surface area contributed by atoms with Gasteiger partial charge in [0.15, 0.2) is 11.0 Å². The highest BCUT2D eigenvalue weighted by molar-refractivity contribution is 7.99. The molecule has 222 valence electrons. The maximum absolute atomic E-state index is 13.8. The van der Waals surface area contributed by atoms with Gasteiger partial charge in [-0.05, 0) is 59.5 Å². The van der Waals surface area contributed by atoms with E-state index in [4.69, 9.17) is 21.4 Å². The predicted molar refractivity (Wildman–Crippen MR) is 173 cm³/mol. The van der Waals surface area contributed by atoms with Crippen LogP contribution in [0.25, 0.3) is 5.69 Å². The summed E-state index contributed by atoms with van der Waals surface area (Å²) in [6.45, 7) is 0.127. The highest BCUT2D eigenvalue weighted by Gasteiger charge is 2.33. The number of halogens is 1. The number of hydrogen-bond donors (Lipinski definition) is 1. The third-order valence-corrected chi connectivity index (χ3v) is 9.07. The maximum Gasteiger partial charge on any atom is 0.253 e. The van der Waals surface area contributed by atoms with Crippen LogP contribution in [0.1, 0.15) is 39.1 Å². The lowest BCUT2D eigenvalue weighted by atomic mass is 10.0. The number of nitrogens with zero attached hydrogens (tertiary/aromatic N) is 5. The van der Waals surface area contributed by atoms with Gasteiger partial charge in [0.05, 0.1) is 41.7 Å². The molecule has 2 aromatic heterocycles. The van der Waals surface area contributed by atoms with Crippen LogP contribution in [0.2, 0.25) is 5.02 Å². The van der Waals surface area contributed by atoms with Gasteiger partial charge in [-0.1, -0.05) is 65.8 Å². The normalized spacial score (nSPS) is 14.4. The molecule has 44 heavy (non-hydrogen) atoms. The number of rotatable bonds is 10. The number of amides is 2. The average molecular weight is 643 g/mol. The van der Waals surface area contributed by atoms with Gasteiger partial charge in [-0.25, -0.2) is 5.01 Å². The molecule has 0 fully saturated rings. The standard InChI is InChI=1S/C32H27ClN6O3S2/c1-42-25-14-12-21(13-15-25)27-18-26(28-11-6-16-43-28)37-39(27)30(40)20-44-32-36-35-29(38(32)24-10-5-9-23(33)17-24)19-34-31(41)22-7-3-2-4-8-22/h2-17,27H,18-20H2,1H3,(H,34,41)/t27-/m1/s1. The van der Waals surface area contributed by atoms with E-state index in [-0.39, 0.29) is 30.2 Å². The summed E-state index contributed by atoms with van der Waals surface area (Å²) in [7, 11) is 1.63. The number of nitrogens with one attached hydrogen (secondary N) is 1. The van der Waals surface area contributed by atoms with E-state index in [1.807, 2.05) is 72.1 Å². The Kier molecular flexibility index (Phi) is 9.06. The third kappa shape index (κ3) is 6.54. The van der Waals surface area contributed by atoms with Gasteiger partial charge in [0.25, 0.3) is 11.8 Å². The lowest BCUT2D eigenvalue weighted by Gasteiger charge is -2.22. The molecule has 0 bridgehead atoms. The first-order valence-corrected chi connectivity index (χ1v) is 16.0. The number of ether oxygens (including phenoxy) is 1. The van der Waals surface area contributed by atoms with E-state index in [0.717, 1.165) is 27.6 Å². The molecule has 1 atom stereocenters. The number of thiophene rings is 1. The number of methoxy groups -OCH3 is 1. The second-order valence-electron chi connectivity index (χ2n) is 9.81. The Morgan fingerprint density at radius 3 is 2.57 bits per heavy atom. The molecule has 0 aliphatic carbocycles. The first kappa shape index (κ1) is 29.6. The van der Waals surface area contributed by atoms with Crippen molar-refractivity contribution in [1.82, 2.24) is 25.1 Å². The van der Waals surface area contributed by atoms with Gasteiger partial charge in [0, 0.05) is 17.0 Å². The van der Waals surface area contributed by atoms with Crippen molar-refractivity contribution in [3.63, 3.8) is 0 Å². The molecule has 0 spiro atoms. The van der Waals surface area contributed by atoms with Crippen LogP contribution in [0.5, 0.6) is 5.75 Å². The highest BCUT2D eigenvalue weighted by Crippen LogP contribution is 2.35. The zero-order chi connectivity index (χ0) is 30.5. The van der Waals surface area contributed by atoms with Gasteiger partial charge in [0.2, 0.25) is 0 Å². The summed E-state index contributed by atoms with van der Waals surface area (Å²) < 4.78 is 7.13. The van der Waals surface area contributed by atoms with Crippen molar-refractivity contribution in [1.29, 1.82) is 0 Å². The fraction of sp³-hybridized carbons (Fsp3) is 0.156. The highest BCUT2D eigenvalue weighted by atomic mass is 35.5. The molecule has 1 aliphatic heterocycles. The summed E-state index contributed by atoms with van der Waals surface area (Å²) in [6, 6.07) is 27.7. The van der Waals surface area contributed by atoms with Crippen LogP contribution in [0.3, 0.4) is 0 Å². The summed E-state index contributed by atoms with van der Waals surface area (Å²) in [5, 5.41) is 21.0. The SMILES string of the molecule is COc1ccc([C@H]2CC(c3cccs3)=NN2C(=O)CSc2nnc(CNC(=O)c3ccccc3)n2-c2cccc(Cl)c2)cc1. The summed E-state index contributed by atoms with van der Waals surface area (Å²) in [4.78, 5) is 27.5. The van der Waals surface area contributed by atoms with Gasteiger partial charge in [-0.2, -0.15) is 5.10 Å². The van der Waals surface area contributed by atoms with E-state index in [0.29, 0.717) is 28.0 Å². The number of thioether (sulfide) groups is 1. The van der Waals surface area contributed by atoms with Gasteiger partial charge in [-0.15, -0.1) is 21.5 Å². The lowest BCUT2D eigenvalue weighted by molar-refractivity contribution is -0.130. The van der Waals surface area contributed by atoms with Crippen LogP contribution in [0.15, 0.2) is 107 Å². The number of hydrazone groups is 1. The van der Waals surface area contributed by atoms with Crippen molar-refractivity contribution >= 4 is 52.2 Å². The number of carbonyl (C=O) groups is 2. The minimum Gasteiger partial charge on any atom is -0.497 e. The Morgan fingerprint density at radius 1 is 1.02 bits per heavy atom. The van der Waals surface area contributed by atoms with Crippen molar-refractivity contribution in [3.05, 3.63) is 123 Å². The zero-order valence-electron chi connectivity index (χ0n) is 23.6. The molecule has 0 radical (unpaired) electrons. The van der Waals surface area contributed by atoms with Crippen molar-refractivity contribution in [3.8, 4) is 11.4 Å². The van der Waals surface area contributed by atoms with Crippen molar-refractivity contribution in [2.75, 3.05) is 12.9 Å². The molecule has 0 unspecified atom stereocenters. The molecule has 0 saturated carbocycles. The number of aromatic nitrogens is 3. The molecule has 2 amide bonds. The molecule has 6 rings (SSSR count). The fourth-order valence-electron chi connectivity index (χ4n) is 4.84. The van der Waals surface area contributed by atoms with Crippen LogP contribution in [0, 0.1) is 0 Å². The molecule has 1 N–H and O–H groups in total. The van der Waals surface area contributed by atoms with Crippen LogP contribution in [-0.2, 0) is 11.3 Å². The maximum atomic E-state index is 13.8. The summed E-state index contributed by atoms with van der Waals surface area (Å²) >= 11 is 9.18. The minimum absolute atomic E-state index is 0.0724. The largest absolute Gasteiger partial charge is 0.497 e. The summed E-state index contributed by atoms with van der Waals surface area (Å²) in [6.07, 6.45) is 0.604. The van der Waals surface area contributed by atoms with Gasteiger partial charge < -0.3 is 10.1 Å². The minimum atomic E-state index is -0.249. The van der Waals surface area contributed by atoms with E-state index in [1.165, 1.54) is 11.8 Å². The Hall–Kier alpha value is -4.45. The molecule has 12 heteroatoms. The first-order valence-electron chi connectivity index (χ1n) is 13.7. The number of hydrogen-bond acceptors (Lipinski definition) is 8. The Labute approximate surface area is 267 Å². The topological polar surface area (TPSA) is 102 Å². The average Bonchev–Trinajstić information content (AvgIpc) is 3.83. The quantitative estimate of drug-likeness (QED) is 0.177. The van der Waals surface area contributed by atoms with Crippen LogP contribution >= 0.6 is 34.7 Å². The summed E-state index contributed by atoms with van der Waals surface area (Å²) in [5.74, 6) is 0.927. The zero-order valence-corrected chi connectivity index (χ0v) is 26.0. The number of benzene rings is 3. The molecular weight excluding hydrogens is 616 g/mol. The van der Waals surface area contributed by atoms with E-state index in [9.17, 15) is 9.59 Å². The van der Waals surface area contributed by atoms with Gasteiger partial charge in [0.1, 0.15) is 5.75 Å². The smallest absolute Gasteiger partial charge is 0.253 e. The molecule has 1 aliphatic rings. The molecular formula is C32H27ClN6O3S2. The number of carbonyl (C=O) groups excluding carboxylic acids is 2. The molecule has 3 aromatic carbocycles. The van der Waals surface area contributed by atoms with Gasteiger partial charge >= 0.3 is 0 Å². The fourth-order valence-corrected chi connectivity index (χ4v) is 6.57. The Bertz CT molecular complexity index is 1790. The van der Waals surface area contributed by atoms with Gasteiger partial charge in [-0.3, -0.25) is 14.2 Å². The summed E-state index contributed by atoms with van der Waals surface area (Å²) in [5.41, 5.74) is 3.11. The van der Waals surface area contributed by atoms with E-state index in [1.54, 1.807) is 52.3 Å². The van der Waals surface area contributed by atoms with Crippen molar-refractivity contribution in [2.24, 2.45) is 5.10 Å². The van der Waals surface area contributed by atoms with E-state index >= 15 is 0 Å². The first-order chi connectivity index (χ1) is 21.5.